The van der Waals surface area contributed by atoms with Gasteiger partial charge in [0.25, 0.3) is 0 Å². The van der Waals surface area contributed by atoms with Crippen molar-refractivity contribution in [3.8, 4) is 0 Å². The van der Waals surface area contributed by atoms with Crippen molar-refractivity contribution in [3.63, 3.8) is 0 Å². The second-order valence-corrected chi connectivity index (χ2v) is 8.16. The summed E-state index contributed by atoms with van der Waals surface area (Å²) in [6.07, 6.45) is 5.37. The number of aryl methyl sites for hydroxylation is 1. The SMILES string of the molecule is Cc1ccc(N2CC(C(=O)N3CCN(C4CCCC4)CC3)CC2=O)c(F)c1. The fourth-order valence-corrected chi connectivity index (χ4v) is 4.77. The smallest absolute Gasteiger partial charge is 0.228 e. The van der Waals surface area contributed by atoms with Gasteiger partial charge in [-0.05, 0) is 37.5 Å². The van der Waals surface area contributed by atoms with Gasteiger partial charge in [0.05, 0.1) is 11.6 Å². The second-order valence-electron chi connectivity index (χ2n) is 8.16. The van der Waals surface area contributed by atoms with Gasteiger partial charge in [-0.2, -0.15) is 0 Å². The zero-order chi connectivity index (χ0) is 19.0. The maximum absolute atomic E-state index is 14.3. The third-order valence-corrected chi connectivity index (χ3v) is 6.34. The maximum atomic E-state index is 14.3. The van der Waals surface area contributed by atoms with Gasteiger partial charge in [-0.15, -0.1) is 0 Å². The van der Waals surface area contributed by atoms with Crippen LogP contribution in [0.25, 0.3) is 0 Å². The van der Waals surface area contributed by atoms with Crippen LogP contribution in [0.3, 0.4) is 0 Å². The van der Waals surface area contributed by atoms with Crippen molar-refractivity contribution in [2.45, 2.75) is 45.1 Å². The number of anilines is 1. The van der Waals surface area contributed by atoms with Gasteiger partial charge in [-0.3, -0.25) is 14.5 Å². The number of halogens is 1. The fraction of sp³-hybridized carbons (Fsp3) is 0.619. The number of hydrogen-bond acceptors (Lipinski definition) is 3. The highest BCUT2D eigenvalue weighted by Gasteiger charge is 2.39. The third kappa shape index (κ3) is 3.72. The van der Waals surface area contributed by atoms with Crippen LogP contribution in [0.2, 0.25) is 0 Å². The zero-order valence-corrected chi connectivity index (χ0v) is 16.0. The molecule has 3 aliphatic rings. The molecule has 0 aromatic heterocycles. The molecule has 1 aliphatic carbocycles. The van der Waals surface area contributed by atoms with E-state index in [4.69, 9.17) is 0 Å². The van der Waals surface area contributed by atoms with Crippen LogP contribution in [0.5, 0.6) is 0 Å². The normalized spacial score (nSPS) is 24.8. The van der Waals surface area contributed by atoms with Crippen LogP contribution < -0.4 is 4.90 Å². The number of nitrogens with zero attached hydrogens (tertiary/aromatic N) is 3. The Labute approximate surface area is 160 Å². The minimum absolute atomic E-state index is 0.0458. The Balaban J connectivity index is 1.36. The van der Waals surface area contributed by atoms with E-state index in [1.54, 1.807) is 12.1 Å². The second kappa shape index (κ2) is 7.58. The first-order valence-electron chi connectivity index (χ1n) is 10.1. The Bertz CT molecular complexity index is 724. The van der Waals surface area contributed by atoms with Crippen LogP contribution in [-0.2, 0) is 9.59 Å². The summed E-state index contributed by atoms with van der Waals surface area (Å²) in [6.45, 7) is 5.41. The number of amides is 2. The van der Waals surface area contributed by atoms with Crippen LogP contribution >= 0.6 is 0 Å². The van der Waals surface area contributed by atoms with Crippen LogP contribution in [0.15, 0.2) is 18.2 Å². The Morgan fingerprint density at radius 3 is 2.48 bits per heavy atom. The van der Waals surface area contributed by atoms with Crippen molar-refractivity contribution in [3.05, 3.63) is 29.6 Å². The molecule has 0 N–H and O–H groups in total. The average molecular weight is 373 g/mol. The first-order valence-corrected chi connectivity index (χ1v) is 10.1. The van der Waals surface area contributed by atoms with E-state index in [-0.39, 0.29) is 36.4 Å². The predicted molar refractivity (Wildman–Crippen MR) is 102 cm³/mol. The lowest BCUT2D eigenvalue weighted by Gasteiger charge is -2.38. The maximum Gasteiger partial charge on any atom is 0.228 e. The molecule has 0 bridgehead atoms. The molecule has 2 amide bonds. The molecule has 4 rings (SSSR count). The van der Waals surface area contributed by atoms with E-state index in [0.717, 1.165) is 31.7 Å². The lowest BCUT2D eigenvalue weighted by Crippen LogP contribution is -2.52. The summed E-state index contributed by atoms with van der Waals surface area (Å²) in [4.78, 5) is 31.2. The van der Waals surface area contributed by atoms with Gasteiger partial charge in [0.2, 0.25) is 11.8 Å². The van der Waals surface area contributed by atoms with Crippen molar-refractivity contribution < 1.29 is 14.0 Å². The summed E-state index contributed by atoms with van der Waals surface area (Å²) < 4.78 is 14.3. The molecule has 1 aromatic carbocycles. The van der Waals surface area contributed by atoms with E-state index < -0.39 is 5.82 Å². The molecule has 146 valence electrons. The lowest BCUT2D eigenvalue weighted by atomic mass is 10.1. The third-order valence-electron chi connectivity index (χ3n) is 6.34. The summed E-state index contributed by atoms with van der Waals surface area (Å²) in [7, 11) is 0. The number of hydrogen-bond donors (Lipinski definition) is 0. The highest BCUT2D eigenvalue weighted by atomic mass is 19.1. The van der Waals surface area contributed by atoms with Gasteiger partial charge in [0, 0.05) is 45.2 Å². The number of benzene rings is 1. The Hall–Kier alpha value is -1.95. The summed E-state index contributed by atoms with van der Waals surface area (Å²) in [5, 5.41) is 0. The van der Waals surface area contributed by atoms with Gasteiger partial charge in [0.15, 0.2) is 0 Å². The number of carbonyl (C=O) groups excluding carboxylic acids is 2. The Morgan fingerprint density at radius 2 is 1.81 bits per heavy atom. The summed E-state index contributed by atoms with van der Waals surface area (Å²) in [5.74, 6) is -0.886. The average Bonchev–Trinajstić information content (AvgIpc) is 3.32. The van der Waals surface area contributed by atoms with Crippen molar-refractivity contribution in [1.82, 2.24) is 9.80 Å². The monoisotopic (exact) mass is 373 g/mol. The fourth-order valence-electron chi connectivity index (χ4n) is 4.77. The van der Waals surface area contributed by atoms with Crippen LogP contribution in [0.4, 0.5) is 10.1 Å². The zero-order valence-electron chi connectivity index (χ0n) is 16.0. The first-order chi connectivity index (χ1) is 13.0. The molecule has 2 heterocycles. The van der Waals surface area contributed by atoms with E-state index in [2.05, 4.69) is 4.90 Å². The minimum Gasteiger partial charge on any atom is -0.340 e. The minimum atomic E-state index is -0.401. The largest absolute Gasteiger partial charge is 0.340 e. The highest BCUT2D eigenvalue weighted by molar-refractivity contribution is 6.00. The van der Waals surface area contributed by atoms with E-state index in [1.807, 2.05) is 11.8 Å². The van der Waals surface area contributed by atoms with Crippen molar-refractivity contribution in [2.24, 2.45) is 5.92 Å². The summed E-state index contributed by atoms with van der Waals surface area (Å²) in [6, 6.07) is 5.55. The molecule has 1 atom stereocenters. The van der Waals surface area contributed by atoms with Crippen molar-refractivity contribution in [2.75, 3.05) is 37.6 Å². The van der Waals surface area contributed by atoms with E-state index in [1.165, 1.54) is 36.6 Å². The van der Waals surface area contributed by atoms with Gasteiger partial charge >= 0.3 is 0 Å². The molecule has 6 heteroatoms. The summed E-state index contributed by atoms with van der Waals surface area (Å²) >= 11 is 0. The number of rotatable bonds is 3. The Morgan fingerprint density at radius 1 is 1.11 bits per heavy atom. The Kier molecular flexibility index (Phi) is 5.17. The van der Waals surface area contributed by atoms with Gasteiger partial charge < -0.3 is 9.80 Å². The summed E-state index contributed by atoms with van der Waals surface area (Å²) in [5.41, 5.74) is 1.10. The molecule has 1 aromatic rings. The quantitative estimate of drug-likeness (QED) is 0.818. The molecule has 1 saturated carbocycles. The predicted octanol–water partition coefficient (Wildman–Crippen LogP) is 2.57. The van der Waals surface area contributed by atoms with Gasteiger partial charge in [-0.25, -0.2) is 4.39 Å². The van der Waals surface area contributed by atoms with Gasteiger partial charge in [-0.1, -0.05) is 18.9 Å². The molecule has 2 saturated heterocycles. The van der Waals surface area contributed by atoms with Crippen molar-refractivity contribution in [1.29, 1.82) is 0 Å². The van der Waals surface area contributed by atoms with Crippen molar-refractivity contribution >= 4 is 17.5 Å². The number of piperazine rings is 1. The first kappa shape index (κ1) is 18.4. The molecule has 5 nitrogen and oxygen atoms in total. The molecule has 2 aliphatic heterocycles. The van der Waals surface area contributed by atoms with Crippen LogP contribution in [-0.4, -0.2) is 60.4 Å². The van der Waals surface area contributed by atoms with Crippen LogP contribution in [0.1, 0.15) is 37.7 Å². The highest BCUT2D eigenvalue weighted by Crippen LogP contribution is 2.30. The molecular formula is C21H28FN3O2. The molecule has 27 heavy (non-hydrogen) atoms. The lowest BCUT2D eigenvalue weighted by molar-refractivity contribution is -0.137. The molecule has 0 radical (unpaired) electrons. The molecular weight excluding hydrogens is 345 g/mol. The molecule has 1 unspecified atom stereocenters. The van der Waals surface area contributed by atoms with E-state index in [9.17, 15) is 14.0 Å². The standard InChI is InChI=1S/C21H28FN3O2/c1-15-6-7-19(18(22)12-15)25-14-16(13-20(25)26)21(27)24-10-8-23(9-11-24)17-4-2-3-5-17/h6-7,12,16-17H,2-5,8-11,13-14H2,1H3. The topological polar surface area (TPSA) is 43.9 Å². The van der Waals surface area contributed by atoms with Gasteiger partial charge in [0.1, 0.15) is 5.82 Å². The van der Waals surface area contributed by atoms with Crippen LogP contribution in [0, 0.1) is 18.7 Å². The number of carbonyl (C=O) groups is 2. The van der Waals surface area contributed by atoms with E-state index >= 15 is 0 Å². The van der Waals surface area contributed by atoms with E-state index in [0.29, 0.717) is 6.04 Å². The molecule has 3 fully saturated rings. The molecule has 0 spiro atoms.